The molecule has 9 heteroatoms. The number of carbonyl (C=O) groups is 1. The summed E-state index contributed by atoms with van der Waals surface area (Å²) in [5, 5.41) is 25.4. The molecule has 0 unspecified atom stereocenters. The van der Waals surface area contributed by atoms with Gasteiger partial charge in [-0.2, -0.15) is 5.10 Å². The van der Waals surface area contributed by atoms with E-state index >= 15 is 0 Å². The lowest BCUT2D eigenvalue weighted by Crippen LogP contribution is -2.27. The van der Waals surface area contributed by atoms with Crippen LogP contribution in [0.25, 0.3) is 0 Å². The third kappa shape index (κ3) is 6.45. The van der Waals surface area contributed by atoms with Crippen LogP contribution in [0.15, 0.2) is 71.4 Å². The molecular formula is C23H26N6O2S. The zero-order valence-corrected chi connectivity index (χ0v) is 18.8. The van der Waals surface area contributed by atoms with Crippen LogP contribution < -0.4 is 10.7 Å². The van der Waals surface area contributed by atoms with E-state index in [1.807, 2.05) is 35.8 Å². The molecule has 166 valence electrons. The van der Waals surface area contributed by atoms with Crippen LogP contribution in [0.4, 0.5) is 5.69 Å². The Hall–Kier alpha value is -3.59. The van der Waals surface area contributed by atoms with E-state index < -0.39 is 5.25 Å². The van der Waals surface area contributed by atoms with Gasteiger partial charge in [0.1, 0.15) is 5.75 Å². The number of nitrogens with one attached hydrogen (secondary N) is 2. The molecule has 0 aliphatic rings. The number of hydrazone groups is 1. The summed E-state index contributed by atoms with van der Waals surface area (Å²) in [4.78, 5) is 12.4. The first-order valence-electron chi connectivity index (χ1n) is 10.1. The largest absolute Gasteiger partial charge is 0.508 e. The molecule has 0 saturated heterocycles. The van der Waals surface area contributed by atoms with Gasteiger partial charge in [0.15, 0.2) is 11.0 Å². The first-order chi connectivity index (χ1) is 15.5. The highest BCUT2D eigenvalue weighted by Gasteiger charge is 2.19. The van der Waals surface area contributed by atoms with E-state index in [4.69, 9.17) is 0 Å². The normalized spacial score (nSPS) is 11.9. The molecule has 0 radical (unpaired) electrons. The Morgan fingerprint density at radius 1 is 1.22 bits per heavy atom. The van der Waals surface area contributed by atoms with Crippen molar-refractivity contribution in [3.05, 3.63) is 78.1 Å². The van der Waals surface area contributed by atoms with Crippen LogP contribution in [-0.2, 0) is 17.9 Å². The number of hydrogen-bond donors (Lipinski definition) is 3. The number of phenols is 1. The zero-order chi connectivity index (χ0) is 22.9. The summed E-state index contributed by atoms with van der Waals surface area (Å²) in [6, 6.07) is 14.6. The number of carbonyl (C=O) groups excluding carboxylic acids is 1. The lowest BCUT2D eigenvalue weighted by atomic mass is 10.2. The SMILES string of the molecule is C=CCn1c(CNc2ccc(C)cc2)nnc1S[C@H](C)C(=O)NN=Cc1ccc(O)cc1. The molecule has 1 amide bonds. The fourth-order valence-electron chi connectivity index (χ4n) is 2.74. The van der Waals surface area contributed by atoms with Gasteiger partial charge in [0.05, 0.1) is 18.0 Å². The van der Waals surface area contributed by atoms with Gasteiger partial charge in [-0.3, -0.25) is 4.79 Å². The van der Waals surface area contributed by atoms with E-state index in [0.29, 0.717) is 18.2 Å². The van der Waals surface area contributed by atoms with Gasteiger partial charge >= 0.3 is 0 Å². The van der Waals surface area contributed by atoms with E-state index in [-0.39, 0.29) is 11.7 Å². The molecule has 8 nitrogen and oxygen atoms in total. The summed E-state index contributed by atoms with van der Waals surface area (Å²) < 4.78 is 1.93. The lowest BCUT2D eigenvalue weighted by Gasteiger charge is -2.12. The topological polar surface area (TPSA) is 104 Å². The number of nitrogens with zero attached hydrogens (tertiary/aromatic N) is 4. The van der Waals surface area contributed by atoms with Gasteiger partial charge < -0.3 is 15.0 Å². The van der Waals surface area contributed by atoms with Crippen LogP contribution in [0.3, 0.4) is 0 Å². The molecule has 0 spiro atoms. The number of anilines is 1. The van der Waals surface area contributed by atoms with Gasteiger partial charge in [-0.15, -0.1) is 16.8 Å². The van der Waals surface area contributed by atoms with Crippen LogP contribution in [-0.4, -0.2) is 37.2 Å². The monoisotopic (exact) mass is 450 g/mol. The molecule has 0 bridgehead atoms. The number of amides is 1. The Balaban J connectivity index is 1.59. The van der Waals surface area contributed by atoms with Gasteiger partial charge in [0.25, 0.3) is 5.91 Å². The van der Waals surface area contributed by atoms with Crippen molar-refractivity contribution in [2.45, 2.75) is 37.3 Å². The lowest BCUT2D eigenvalue weighted by molar-refractivity contribution is -0.120. The predicted molar refractivity (Wildman–Crippen MR) is 128 cm³/mol. The Morgan fingerprint density at radius 3 is 2.62 bits per heavy atom. The van der Waals surface area contributed by atoms with Crippen molar-refractivity contribution in [1.29, 1.82) is 0 Å². The highest BCUT2D eigenvalue weighted by Crippen LogP contribution is 2.23. The third-order valence-electron chi connectivity index (χ3n) is 4.54. The number of benzene rings is 2. The first kappa shape index (κ1) is 23.1. The summed E-state index contributed by atoms with van der Waals surface area (Å²) in [5.74, 6) is 0.678. The predicted octanol–water partition coefficient (Wildman–Crippen LogP) is 3.72. The van der Waals surface area contributed by atoms with Gasteiger partial charge in [0, 0.05) is 12.2 Å². The number of hydrogen-bond acceptors (Lipinski definition) is 7. The molecule has 1 heterocycles. The molecule has 3 aromatic rings. The fraction of sp³-hybridized carbons (Fsp3) is 0.217. The number of aromatic nitrogens is 3. The minimum Gasteiger partial charge on any atom is -0.508 e. The second kappa shape index (κ2) is 11.1. The van der Waals surface area contributed by atoms with E-state index in [2.05, 4.69) is 32.6 Å². The van der Waals surface area contributed by atoms with Gasteiger partial charge in [0.2, 0.25) is 0 Å². The van der Waals surface area contributed by atoms with Crippen LogP contribution >= 0.6 is 11.8 Å². The average molecular weight is 451 g/mol. The smallest absolute Gasteiger partial charge is 0.253 e. The standard InChI is InChI=1S/C23H26N6O2S/c1-4-13-29-21(15-24-19-9-5-16(2)6-10-19)26-28-23(29)32-17(3)22(31)27-25-14-18-7-11-20(30)12-8-18/h4-12,14,17,24,30H,1,13,15H2,2-3H3,(H,27,31)/t17-/m1/s1. The maximum Gasteiger partial charge on any atom is 0.253 e. The Kier molecular flexibility index (Phi) is 8.04. The number of thioether (sulfide) groups is 1. The molecular weight excluding hydrogens is 424 g/mol. The fourth-order valence-corrected chi connectivity index (χ4v) is 3.61. The minimum absolute atomic E-state index is 0.174. The molecule has 0 fully saturated rings. The number of aromatic hydroxyl groups is 1. The summed E-state index contributed by atoms with van der Waals surface area (Å²) in [7, 11) is 0. The minimum atomic E-state index is -0.433. The Morgan fingerprint density at radius 2 is 1.94 bits per heavy atom. The summed E-state index contributed by atoms with van der Waals surface area (Å²) in [5.41, 5.74) is 5.49. The number of rotatable bonds is 10. The van der Waals surface area contributed by atoms with E-state index in [0.717, 1.165) is 17.1 Å². The van der Waals surface area contributed by atoms with E-state index in [1.165, 1.54) is 23.5 Å². The summed E-state index contributed by atoms with van der Waals surface area (Å²) in [6.07, 6.45) is 3.29. The second-order valence-electron chi connectivity index (χ2n) is 7.10. The highest BCUT2D eigenvalue weighted by molar-refractivity contribution is 8.00. The average Bonchev–Trinajstić information content (AvgIpc) is 3.16. The van der Waals surface area contributed by atoms with Crippen molar-refractivity contribution < 1.29 is 9.90 Å². The van der Waals surface area contributed by atoms with Gasteiger partial charge in [-0.1, -0.05) is 35.5 Å². The Bertz CT molecular complexity index is 1080. The van der Waals surface area contributed by atoms with Crippen molar-refractivity contribution in [3.63, 3.8) is 0 Å². The summed E-state index contributed by atoms with van der Waals surface area (Å²) >= 11 is 1.31. The van der Waals surface area contributed by atoms with E-state index in [1.54, 1.807) is 37.3 Å². The molecule has 1 atom stereocenters. The molecule has 0 saturated carbocycles. The number of aryl methyl sites for hydroxylation is 1. The molecule has 32 heavy (non-hydrogen) atoms. The highest BCUT2D eigenvalue weighted by atomic mass is 32.2. The number of allylic oxidation sites excluding steroid dienone is 1. The maximum atomic E-state index is 12.4. The molecule has 0 aliphatic heterocycles. The summed E-state index contributed by atoms with van der Waals surface area (Å²) in [6.45, 7) is 8.68. The first-order valence-corrected chi connectivity index (χ1v) is 11.0. The molecule has 1 aromatic heterocycles. The maximum absolute atomic E-state index is 12.4. The van der Waals surface area contributed by atoms with Crippen LogP contribution in [0.1, 0.15) is 23.9 Å². The van der Waals surface area contributed by atoms with Crippen molar-refractivity contribution in [1.82, 2.24) is 20.2 Å². The van der Waals surface area contributed by atoms with Crippen LogP contribution in [0.2, 0.25) is 0 Å². The third-order valence-corrected chi connectivity index (χ3v) is 5.62. The van der Waals surface area contributed by atoms with Crippen LogP contribution in [0, 0.1) is 6.92 Å². The number of phenolic OH excluding ortho intramolecular Hbond substituents is 1. The molecule has 3 N–H and O–H groups in total. The molecule has 2 aromatic carbocycles. The quantitative estimate of drug-likeness (QED) is 0.188. The van der Waals surface area contributed by atoms with Crippen molar-refractivity contribution >= 4 is 29.6 Å². The van der Waals surface area contributed by atoms with Gasteiger partial charge in [-0.25, -0.2) is 5.43 Å². The van der Waals surface area contributed by atoms with Crippen molar-refractivity contribution in [2.75, 3.05) is 5.32 Å². The van der Waals surface area contributed by atoms with Gasteiger partial charge in [-0.05, 0) is 55.8 Å². The van der Waals surface area contributed by atoms with Crippen molar-refractivity contribution in [2.24, 2.45) is 5.10 Å². The molecule has 3 rings (SSSR count). The zero-order valence-electron chi connectivity index (χ0n) is 18.0. The Labute approximate surface area is 191 Å². The van der Waals surface area contributed by atoms with Crippen LogP contribution in [0.5, 0.6) is 5.75 Å². The molecule has 0 aliphatic carbocycles. The second-order valence-corrected chi connectivity index (χ2v) is 8.41. The van der Waals surface area contributed by atoms with E-state index in [9.17, 15) is 9.90 Å². The van der Waals surface area contributed by atoms with Crippen molar-refractivity contribution in [3.8, 4) is 5.75 Å².